The lowest BCUT2D eigenvalue weighted by atomic mass is 9.72. The van der Waals surface area contributed by atoms with Gasteiger partial charge >= 0.3 is 6.09 Å². The van der Waals surface area contributed by atoms with Gasteiger partial charge in [0.05, 0.1) is 5.60 Å². The molecule has 6 heteroatoms. The van der Waals surface area contributed by atoms with Crippen molar-refractivity contribution in [1.82, 2.24) is 9.80 Å². The number of halogens is 1. The van der Waals surface area contributed by atoms with E-state index in [1.165, 1.54) is 12.0 Å². The molecule has 1 aromatic rings. The first-order valence-corrected chi connectivity index (χ1v) is 12.1. The summed E-state index contributed by atoms with van der Waals surface area (Å²) >= 11 is 3.60. The zero-order valence-electron chi connectivity index (χ0n) is 18.6. The molecule has 30 heavy (non-hydrogen) atoms. The van der Waals surface area contributed by atoms with Gasteiger partial charge in [0.1, 0.15) is 0 Å². The van der Waals surface area contributed by atoms with E-state index in [1.54, 1.807) is 4.90 Å². The van der Waals surface area contributed by atoms with Crippen molar-refractivity contribution in [2.45, 2.75) is 88.8 Å². The second kappa shape index (κ2) is 9.58. The fourth-order valence-corrected chi connectivity index (χ4v) is 5.85. The van der Waals surface area contributed by atoms with Crippen LogP contribution in [0.5, 0.6) is 0 Å². The molecule has 5 nitrogen and oxygen atoms in total. The number of amides is 1. The molecule has 0 radical (unpaired) electrons. The molecule has 0 bridgehead atoms. The van der Waals surface area contributed by atoms with Gasteiger partial charge in [-0.3, -0.25) is 0 Å². The molecule has 1 unspecified atom stereocenters. The number of carbonyl (C=O) groups is 1. The highest BCUT2D eigenvalue weighted by Gasteiger charge is 2.41. The third-order valence-electron chi connectivity index (χ3n) is 6.91. The first-order chi connectivity index (χ1) is 14.1. The molecule has 3 rings (SSSR count). The van der Waals surface area contributed by atoms with E-state index in [0.717, 1.165) is 62.6 Å². The number of hydrogen-bond acceptors (Lipinski definition) is 3. The van der Waals surface area contributed by atoms with Crippen molar-refractivity contribution in [3.05, 3.63) is 34.3 Å². The Morgan fingerprint density at radius 1 is 1.23 bits per heavy atom. The molecule has 2 fully saturated rings. The van der Waals surface area contributed by atoms with Gasteiger partial charge in [0.2, 0.25) is 0 Å². The lowest BCUT2D eigenvalue weighted by Crippen LogP contribution is -2.55. The van der Waals surface area contributed by atoms with E-state index in [4.69, 9.17) is 0 Å². The van der Waals surface area contributed by atoms with Crippen LogP contribution in [-0.2, 0) is 0 Å². The van der Waals surface area contributed by atoms with Crippen molar-refractivity contribution in [3.63, 3.8) is 0 Å². The summed E-state index contributed by atoms with van der Waals surface area (Å²) in [5, 5.41) is 21.3. The molecule has 1 aromatic carbocycles. The molecule has 0 spiro atoms. The van der Waals surface area contributed by atoms with Gasteiger partial charge in [-0.2, -0.15) is 0 Å². The van der Waals surface area contributed by atoms with Crippen LogP contribution in [0.15, 0.2) is 28.7 Å². The molecule has 1 amide bonds. The highest BCUT2D eigenvalue weighted by atomic mass is 79.9. The van der Waals surface area contributed by atoms with Crippen LogP contribution in [0.25, 0.3) is 0 Å². The summed E-state index contributed by atoms with van der Waals surface area (Å²) in [4.78, 5) is 15.9. The van der Waals surface area contributed by atoms with Crippen molar-refractivity contribution < 1.29 is 15.0 Å². The van der Waals surface area contributed by atoms with E-state index >= 15 is 0 Å². The van der Waals surface area contributed by atoms with E-state index in [-0.39, 0.29) is 12.0 Å². The Bertz CT molecular complexity index is 719. The maximum absolute atomic E-state index is 11.8. The largest absolute Gasteiger partial charge is 0.465 e. The Labute approximate surface area is 189 Å². The van der Waals surface area contributed by atoms with E-state index in [1.807, 2.05) is 26.8 Å². The second-order valence-corrected chi connectivity index (χ2v) is 11.0. The molecule has 1 aliphatic heterocycles. The monoisotopic (exact) mass is 480 g/mol. The topological polar surface area (TPSA) is 64.0 Å². The smallest absolute Gasteiger partial charge is 0.407 e. The summed E-state index contributed by atoms with van der Waals surface area (Å²) in [6.07, 6.45) is 5.95. The average molecular weight is 481 g/mol. The SMILES string of the molecule is CC(C)(C)N(C(=O)O)C1CCN(CC(c2cccc(Br)c2)C2(O)CCCCC2)CC1. The Morgan fingerprint density at radius 3 is 2.40 bits per heavy atom. The van der Waals surface area contributed by atoms with Crippen LogP contribution in [0.2, 0.25) is 0 Å². The molecule has 1 atom stereocenters. The second-order valence-electron chi connectivity index (χ2n) is 10.1. The van der Waals surface area contributed by atoms with Crippen molar-refractivity contribution in [3.8, 4) is 0 Å². The van der Waals surface area contributed by atoms with Gasteiger partial charge in [0.25, 0.3) is 0 Å². The minimum atomic E-state index is -0.829. The predicted molar refractivity (Wildman–Crippen MR) is 124 cm³/mol. The number of rotatable bonds is 5. The van der Waals surface area contributed by atoms with E-state index in [0.29, 0.717) is 0 Å². The lowest BCUT2D eigenvalue weighted by Gasteiger charge is -2.46. The van der Waals surface area contributed by atoms with Gasteiger partial charge in [0, 0.05) is 41.6 Å². The van der Waals surface area contributed by atoms with Gasteiger partial charge in [-0.25, -0.2) is 4.79 Å². The zero-order chi connectivity index (χ0) is 21.9. The standard InChI is InChI=1S/C24H37BrN2O3/c1-23(2,3)27(22(28)29)20-10-14-26(15-11-20)17-21(18-8-7-9-19(25)16-18)24(30)12-5-4-6-13-24/h7-9,16,20-21,30H,4-6,10-15,17H2,1-3H3,(H,28,29). The summed E-state index contributed by atoms with van der Waals surface area (Å²) < 4.78 is 1.05. The molecule has 2 aliphatic rings. The summed E-state index contributed by atoms with van der Waals surface area (Å²) in [5.74, 6) is 0.0741. The third-order valence-corrected chi connectivity index (χ3v) is 7.40. The molecule has 1 saturated carbocycles. The number of carboxylic acid groups (broad SMARTS) is 1. The van der Waals surface area contributed by atoms with Gasteiger partial charge < -0.3 is 20.0 Å². The molecule has 1 aliphatic carbocycles. The van der Waals surface area contributed by atoms with Gasteiger partial charge in [-0.1, -0.05) is 47.3 Å². The summed E-state index contributed by atoms with van der Waals surface area (Å²) in [5.41, 5.74) is 0.140. The number of piperidine rings is 1. The quantitative estimate of drug-likeness (QED) is 0.586. The van der Waals surface area contributed by atoms with Gasteiger partial charge in [-0.15, -0.1) is 0 Å². The number of hydrogen-bond donors (Lipinski definition) is 2. The Hall–Kier alpha value is -1.11. The lowest BCUT2D eigenvalue weighted by molar-refractivity contribution is -0.0350. The van der Waals surface area contributed by atoms with E-state index in [2.05, 4.69) is 39.0 Å². The fourth-order valence-electron chi connectivity index (χ4n) is 5.43. The van der Waals surface area contributed by atoms with Gasteiger partial charge in [-0.05, 0) is 64.2 Å². The molecule has 2 N–H and O–H groups in total. The Morgan fingerprint density at radius 2 is 1.87 bits per heavy atom. The third kappa shape index (κ3) is 5.57. The average Bonchev–Trinajstić information content (AvgIpc) is 2.66. The normalized spacial score (nSPS) is 21.9. The Balaban J connectivity index is 1.73. The molecule has 1 saturated heterocycles. The van der Waals surface area contributed by atoms with E-state index < -0.39 is 17.2 Å². The van der Waals surface area contributed by atoms with Crippen LogP contribution >= 0.6 is 15.9 Å². The van der Waals surface area contributed by atoms with Crippen molar-refractivity contribution in [1.29, 1.82) is 0 Å². The zero-order valence-corrected chi connectivity index (χ0v) is 20.2. The number of benzene rings is 1. The van der Waals surface area contributed by atoms with Crippen LogP contribution in [0.4, 0.5) is 4.79 Å². The van der Waals surface area contributed by atoms with Crippen molar-refractivity contribution >= 4 is 22.0 Å². The number of likely N-dealkylation sites (tertiary alicyclic amines) is 1. The van der Waals surface area contributed by atoms with Crippen LogP contribution in [-0.4, -0.2) is 62.9 Å². The predicted octanol–water partition coefficient (Wildman–Crippen LogP) is 5.47. The van der Waals surface area contributed by atoms with Crippen LogP contribution in [0, 0.1) is 0 Å². The number of nitrogens with zero attached hydrogens (tertiary/aromatic N) is 2. The van der Waals surface area contributed by atoms with Crippen molar-refractivity contribution in [2.75, 3.05) is 19.6 Å². The van der Waals surface area contributed by atoms with Crippen molar-refractivity contribution in [2.24, 2.45) is 0 Å². The first-order valence-electron chi connectivity index (χ1n) is 11.3. The summed E-state index contributed by atoms with van der Waals surface area (Å²) in [7, 11) is 0. The van der Waals surface area contributed by atoms with Crippen LogP contribution in [0.3, 0.4) is 0 Å². The Kier molecular flexibility index (Phi) is 7.52. The minimum Gasteiger partial charge on any atom is -0.465 e. The molecule has 0 aromatic heterocycles. The molecule has 168 valence electrons. The summed E-state index contributed by atoms with van der Waals surface area (Å²) in [6.45, 7) is 8.46. The highest BCUT2D eigenvalue weighted by Crippen LogP contribution is 2.41. The summed E-state index contributed by atoms with van der Waals surface area (Å²) in [6, 6.07) is 8.43. The highest BCUT2D eigenvalue weighted by molar-refractivity contribution is 9.10. The first kappa shape index (κ1) is 23.6. The molecule has 1 heterocycles. The maximum atomic E-state index is 11.8. The maximum Gasteiger partial charge on any atom is 0.407 e. The van der Waals surface area contributed by atoms with Gasteiger partial charge in [0.15, 0.2) is 0 Å². The van der Waals surface area contributed by atoms with Crippen LogP contribution in [0.1, 0.15) is 77.2 Å². The van der Waals surface area contributed by atoms with E-state index in [9.17, 15) is 15.0 Å². The van der Waals surface area contributed by atoms with Crippen LogP contribution < -0.4 is 0 Å². The number of aliphatic hydroxyl groups is 1. The minimum absolute atomic E-state index is 0.0563. The molecular weight excluding hydrogens is 444 g/mol. The fraction of sp³-hybridized carbons (Fsp3) is 0.708. The molecular formula is C24H37BrN2O3.